The van der Waals surface area contributed by atoms with E-state index in [1.54, 1.807) is 37.3 Å². The van der Waals surface area contributed by atoms with Crippen LogP contribution in [0.1, 0.15) is 25.5 Å². The van der Waals surface area contributed by atoms with E-state index in [9.17, 15) is 9.59 Å². The molecule has 0 unspecified atom stereocenters. The number of rotatable bonds is 5. The SMILES string of the molecule is CCOc1ccc(Cl)cc1[C@@H]1NC(=O)NC(C)=C1C(=O)Nc1ccccc1. The van der Waals surface area contributed by atoms with Gasteiger partial charge in [-0.2, -0.15) is 0 Å². The zero-order chi connectivity index (χ0) is 19.4. The highest BCUT2D eigenvalue weighted by molar-refractivity contribution is 6.30. The lowest BCUT2D eigenvalue weighted by molar-refractivity contribution is -0.113. The lowest BCUT2D eigenvalue weighted by Crippen LogP contribution is -2.46. The molecule has 2 aromatic carbocycles. The third-order valence-corrected chi connectivity index (χ3v) is 4.36. The number of anilines is 1. The van der Waals surface area contributed by atoms with Gasteiger partial charge in [-0.15, -0.1) is 0 Å². The van der Waals surface area contributed by atoms with Crippen molar-refractivity contribution in [1.82, 2.24) is 10.6 Å². The number of benzene rings is 2. The van der Waals surface area contributed by atoms with Crippen molar-refractivity contribution in [2.45, 2.75) is 19.9 Å². The quantitative estimate of drug-likeness (QED) is 0.727. The number of hydrogen-bond donors (Lipinski definition) is 3. The highest BCUT2D eigenvalue weighted by Gasteiger charge is 2.33. The van der Waals surface area contributed by atoms with Crippen LogP contribution in [0.4, 0.5) is 10.5 Å². The van der Waals surface area contributed by atoms with E-state index >= 15 is 0 Å². The monoisotopic (exact) mass is 385 g/mol. The molecule has 1 atom stereocenters. The van der Waals surface area contributed by atoms with E-state index in [0.29, 0.717) is 39.9 Å². The zero-order valence-electron chi connectivity index (χ0n) is 15.0. The van der Waals surface area contributed by atoms with Crippen molar-refractivity contribution in [3.63, 3.8) is 0 Å². The molecule has 0 saturated carbocycles. The minimum absolute atomic E-state index is 0.321. The van der Waals surface area contributed by atoms with Crippen molar-refractivity contribution in [3.05, 3.63) is 70.4 Å². The standard InChI is InChI=1S/C20H20ClN3O3/c1-3-27-16-10-9-13(21)11-15(16)18-17(12(2)22-20(26)24-18)19(25)23-14-7-5-4-6-8-14/h4-11,18H,3H2,1-2H3,(H,23,25)(H2,22,24,26)/t18-/m0/s1. The minimum atomic E-state index is -0.692. The summed E-state index contributed by atoms with van der Waals surface area (Å²) < 4.78 is 5.68. The predicted octanol–water partition coefficient (Wildman–Crippen LogP) is 4.01. The average Bonchev–Trinajstić information content (AvgIpc) is 2.63. The first-order valence-electron chi connectivity index (χ1n) is 8.56. The lowest BCUT2D eigenvalue weighted by atomic mass is 9.94. The number of allylic oxidation sites excluding steroid dienone is 1. The smallest absolute Gasteiger partial charge is 0.319 e. The van der Waals surface area contributed by atoms with Crippen molar-refractivity contribution in [2.75, 3.05) is 11.9 Å². The fraction of sp³-hybridized carbons (Fsp3) is 0.200. The van der Waals surface area contributed by atoms with E-state index in [1.807, 2.05) is 25.1 Å². The third kappa shape index (κ3) is 4.23. The van der Waals surface area contributed by atoms with E-state index in [4.69, 9.17) is 16.3 Å². The van der Waals surface area contributed by atoms with E-state index in [2.05, 4.69) is 16.0 Å². The fourth-order valence-electron chi connectivity index (χ4n) is 2.98. The summed E-state index contributed by atoms with van der Waals surface area (Å²) in [5, 5.41) is 8.80. The van der Waals surface area contributed by atoms with Gasteiger partial charge in [0.25, 0.3) is 5.91 Å². The molecule has 0 fully saturated rings. The van der Waals surface area contributed by atoms with Crippen molar-refractivity contribution < 1.29 is 14.3 Å². The number of urea groups is 1. The lowest BCUT2D eigenvalue weighted by Gasteiger charge is -2.29. The Morgan fingerprint density at radius 2 is 1.96 bits per heavy atom. The van der Waals surface area contributed by atoms with Gasteiger partial charge in [-0.25, -0.2) is 4.79 Å². The van der Waals surface area contributed by atoms with Crippen LogP contribution in [-0.2, 0) is 4.79 Å². The molecule has 0 aromatic heterocycles. The highest BCUT2D eigenvalue weighted by atomic mass is 35.5. The molecule has 2 aromatic rings. The molecule has 7 heteroatoms. The molecule has 0 radical (unpaired) electrons. The van der Waals surface area contributed by atoms with Crippen molar-refractivity contribution in [3.8, 4) is 5.75 Å². The predicted molar refractivity (Wildman–Crippen MR) is 105 cm³/mol. The molecule has 0 bridgehead atoms. The second-order valence-electron chi connectivity index (χ2n) is 6.01. The number of carbonyl (C=O) groups is 2. The number of para-hydroxylation sites is 1. The summed E-state index contributed by atoms with van der Waals surface area (Å²) in [5.74, 6) is 0.241. The van der Waals surface area contributed by atoms with E-state index in [-0.39, 0.29) is 5.91 Å². The molecule has 3 amide bonds. The largest absolute Gasteiger partial charge is 0.494 e. The molecule has 1 aliphatic heterocycles. The molecule has 3 rings (SSSR count). The number of hydrogen-bond acceptors (Lipinski definition) is 3. The molecule has 0 saturated heterocycles. The first-order valence-corrected chi connectivity index (χ1v) is 8.94. The molecule has 3 N–H and O–H groups in total. The number of amides is 3. The van der Waals surface area contributed by atoms with Gasteiger partial charge in [0.05, 0.1) is 18.2 Å². The highest BCUT2D eigenvalue weighted by Crippen LogP contribution is 2.35. The number of carbonyl (C=O) groups excluding carboxylic acids is 2. The van der Waals surface area contributed by atoms with Crippen LogP contribution in [-0.4, -0.2) is 18.5 Å². The van der Waals surface area contributed by atoms with Crippen molar-refractivity contribution >= 4 is 29.2 Å². The van der Waals surface area contributed by atoms with Crippen molar-refractivity contribution in [1.29, 1.82) is 0 Å². The zero-order valence-corrected chi connectivity index (χ0v) is 15.8. The fourth-order valence-corrected chi connectivity index (χ4v) is 3.16. The van der Waals surface area contributed by atoms with Crippen molar-refractivity contribution in [2.24, 2.45) is 0 Å². The molecule has 0 spiro atoms. The summed E-state index contributed by atoms with van der Waals surface area (Å²) in [6, 6.07) is 13.2. The van der Waals surface area contributed by atoms with Gasteiger partial charge in [-0.05, 0) is 44.2 Å². The molecule has 27 heavy (non-hydrogen) atoms. The van der Waals surface area contributed by atoms with Crippen LogP contribution in [0, 0.1) is 0 Å². The Morgan fingerprint density at radius 3 is 2.67 bits per heavy atom. The van der Waals surface area contributed by atoms with Crippen LogP contribution in [0.5, 0.6) is 5.75 Å². The molecule has 0 aliphatic carbocycles. The normalized spacial score (nSPS) is 16.4. The third-order valence-electron chi connectivity index (χ3n) is 4.13. The van der Waals surface area contributed by atoms with Crippen LogP contribution in [0.3, 0.4) is 0 Å². The van der Waals surface area contributed by atoms with Gasteiger partial charge in [0.15, 0.2) is 0 Å². The number of ether oxygens (including phenoxy) is 1. The Kier molecular flexibility index (Phi) is 5.66. The number of halogens is 1. The Hall–Kier alpha value is -2.99. The van der Waals surface area contributed by atoms with E-state index in [0.717, 1.165) is 0 Å². The molecule has 140 valence electrons. The molecular formula is C20H20ClN3O3. The van der Waals surface area contributed by atoms with Gasteiger partial charge in [0, 0.05) is 22.0 Å². The second-order valence-corrected chi connectivity index (χ2v) is 6.44. The van der Waals surface area contributed by atoms with Gasteiger partial charge < -0.3 is 20.7 Å². The summed E-state index contributed by atoms with van der Waals surface area (Å²) in [7, 11) is 0. The van der Waals surface area contributed by atoms with E-state index in [1.165, 1.54) is 0 Å². The Labute approximate surface area is 162 Å². The van der Waals surface area contributed by atoms with Gasteiger partial charge in [-0.3, -0.25) is 4.79 Å². The summed E-state index contributed by atoms with van der Waals surface area (Å²) >= 11 is 6.17. The average molecular weight is 386 g/mol. The van der Waals surface area contributed by atoms with Gasteiger partial charge in [-0.1, -0.05) is 29.8 Å². The topological polar surface area (TPSA) is 79.5 Å². The van der Waals surface area contributed by atoms with Crippen LogP contribution >= 0.6 is 11.6 Å². The summed E-state index contributed by atoms with van der Waals surface area (Å²) in [6.07, 6.45) is 0. The maximum atomic E-state index is 13.0. The van der Waals surface area contributed by atoms with Crippen LogP contribution < -0.4 is 20.7 Å². The van der Waals surface area contributed by atoms with E-state index < -0.39 is 12.1 Å². The van der Waals surface area contributed by atoms with Crippen LogP contribution in [0.25, 0.3) is 0 Å². The second kappa shape index (κ2) is 8.14. The molecule has 1 heterocycles. The Morgan fingerprint density at radius 1 is 1.22 bits per heavy atom. The van der Waals surface area contributed by atoms with Crippen LogP contribution in [0.2, 0.25) is 5.02 Å². The molecule has 1 aliphatic rings. The van der Waals surface area contributed by atoms with Gasteiger partial charge in [0.2, 0.25) is 0 Å². The maximum Gasteiger partial charge on any atom is 0.319 e. The maximum absolute atomic E-state index is 13.0. The Balaban J connectivity index is 2.02. The Bertz CT molecular complexity index is 897. The van der Waals surface area contributed by atoms with Gasteiger partial charge in [0.1, 0.15) is 5.75 Å². The molecular weight excluding hydrogens is 366 g/mol. The first-order chi connectivity index (χ1) is 13.0. The summed E-state index contributed by atoms with van der Waals surface area (Å²) in [6.45, 7) is 4.00. The molecule has 6 nitrogen and oxygen atoms in total. The minimum Gasteiger partial charge on any atom is -0.494 e. The summed E-state index contributed by atoms with van der Waals surface area (Å²) in [4.78, 5) is 25.1. The first kappa shape index (κ1) is 18.8. The van der Waals surface area contributed by atoms with Gasteiger partial charge >= 0.3 is 6.03 Å². The number of nitrogens with one attached hydrogen (secondary N) is 3. The summed E-state index contributed by atoms with van der Waals surface area (Å²) in [5.41, 5.74) is 2.15. The van der Waals surface area contributed by atoms with Crippen LogP contribution in [0.15, 0.2) is 59.8 Å².